The van der Waals surface area contributed by atoms with Gasteiger partial charge in [0.2, 0.25) is 5.91 Å². The molecule has 0 bridgehead atoms. The third-order valence-corrected chi connectivity index (χ3v) is 2.99. The van der Waals surface area contributed by atoms with Gasteiger partial charge in [-0.05, 0) is 24.8 Å². The van der Waals surface area contributed by atoms with Gasteiger partial charge in [0.05, 0.1) is 6.04 Å². The molecule has 1 atom stereocenters. The first-order valence-corrected chi connectivity index (χ1v) is 6.00. The molecule has 2 rings (SSSR count). The Balaban J connectivity index is 1.83. The van der Waals surface area contributed by atoms with Crippen molar-refractivity contribution in [2.75, 3.05) is 0 Å². The molecule has 1 amide bonds. The van der Waals surface area contributed by atoms with E-state index in [4.69, 9.17) is 5.73 Å². The molecule has 1 aliphatic carbocycles. The molecule has 0 heterocycles. The number of hydrogen-bond acceptors (Lipinski definition) is 2. The molecule has 0 aromatic heterocycles. The highest BCUT2D eigenvalue weighted by Gasteiger charge is 2.18. The van der Waals surface area contributed by atoms with E-state index in [0.29, 0.717) is 6.42 Å². The number of benzene rings is 1. The molecule has 0 spiro atoms. The van der Waals surface area contributed by atoms with Crippen LogP contribution in [0.5, 0.6) is 0 Å². The Morgan fingerprint density at radius 1 is 1.29 bits per heavy atom. The zero-order valence-electron chi connectivity index (χ0n) is 9.80. The Morgan fingerprint density at radius 3 is 2.59 bits per heavy atom. The van der Waals surface area contributed by atoms with Crippen LogP contribution in [-0.4, -0.2) is 18.0 Å². The lowest BCUT2D eigenvalue weighted by Gasteiger charge is -2.16. The van der Waals surface area contributed by atoms with Gasteiger partial charge in [-0.2, -0.15) is 0 Å². The van der Waals surface area contributed by atoms with Crippen LogP contribution in [0.2, 0.25) is 0 Å². The lowest BCUT2D eigenvalue weighted by molar-refractivity contribution is -0.122. The summed E-state index contributed by atoms with van der Waals surface area (Å²) >= 11 is 0. The molecule has 0 unspecified atom stereocenters. The average Bonchev–Trinajstić information content (AvgIpc) is 2.83. The number of hydrogen-bond donors (Lipinski definition) is 2. The minimum Gasteiger partial charge on any atom is -0.351 e. The van der Waals surface area contributed by atoms with Crippen LogP contribution in [-0.2, 0) is 11.2 Å². The van der Waals surface area contributed by atoms with E-state index >= 15 is 0 Å². The van der Waals surface area contributed by atoms with Crippen molar-refractivity contribution in [3.63, 3.8) is 0 Å². The molecule has 90 valence electrons. The molecule has 0 fully saturated rings. The van der Waals surface area contributed by atoms with Gasteiger partial charge in [0.25, 0.3) is 0 Å². The highest BCUT2D eigenvalue weighted by molar-refractivity contribution is 5.82. The van der Waals surface area contributed by atoms with E-state index in [0.717, 1.165) is 18.4 Å². The van der Waals surface area contributed by atoms with Crippen LogP contribution in [0.3, 0.4) is 0 Å². The van der Waals surface area contributed by atoms with E-state index in [9.17, 15) is 4.79 Å². The molecule has 0 saturated heterocycles. The molecule has 3 N–H and O–H groups in total. The molecular formula is C14H18N2O. The summed E-state index contributed by atoms with van der Waals surface area (Å²) in [6.45, 7) is 0. The number of carbonyl (C=O) groups is 1. The first-order valence-electron chi connectivity index (χ1n) is 6.00. The highest BCUT2D eigenvalue weighted by atomic mass is 16.2. The predicted octanol–water partition coefficient (Wildman–Crippen LogP) is 1.39. The average molecular weight is 230 g/mol. The van der Waals surface area contributed by atoms with Crippen LogP contribution in [0.25, 0.3) is 0 Å². The predicted molar refractivity (Wildman–Crippen MR) is 68.4 cm³/mol. The fraction of sp³-hybridized carbons (Fsp3) is 0.357. The summed E-state index contributed by atoms with van der Waals surface area (Å²) in [6.07, 6.45) is 6.61. The minimum atomic E-state index is -0.460. The molecule has 0 radical (unpaired) electrons. The van der Waals surface area contributed by atoms with Gasteiger partial charge in [-0.1, -0.05) is 42.5 Å². The molecule has 3 heteroatoms. The van der Waals surface area contributed by atoms with Crippen LogP contribution >= 0.6 is 0 Å². The number of amides is 1. The summed E-state index contributed by atoms with van der Waals surface area (Å²) in [7, 11) is 0. The topological polar surface area (TPSA) is 55.1 Å². The first kappa shape index (κ1) is 11.9. The second kappa shape index (κ2) is 5.64. The van der Waals surface area contributed by atoms with Crippen molar-refractivity contribution >= 4 is 5.91 Å². The van der Waals surface area contributed by atoms with Gasteiger partial charge in [-0.25, -0.2) is 0 Å². The minimum absolute atomic E-state index is 0.0532. The van der Waals surface area contributed by atoms with E-state index in [1.165, 1.54) is 0 Å². The van der Waals surface area contributed by atoms with E-state index < -0.39 is 6.04 Å². The van der Waals surface area contributed by atoms with E-state index in [2.05, 4.69) is 17.5 Å². The quantitative estimate of drug-likeness (QED) is 0.768. The van der Waals surface area contributed by atoms with Crippen LogP contribution in [0.15, 0.2) is 42.5 Å². The van der Waals surface area contributed by atoms with Crippen molar-refractivity contribution in [3.05, 3.63) is 48.0 Å². The molecule has 17 heavy (non-hydrogen) atoms. The Morgan fingerprint density at radius 2 is 1.94 bits per heavy atom. The normalized spacial score (nSPS) is 17.0. The van der Waals surface area contributed by atoms with Gasteiger partial charge in [0, 0.05) is 6.04 Å². The molecule has 0 saturated carbocycles. The zero-order chi connectivity index (χ0) is 12.1. The van der Waals surface area contributed by atoms with Gasteiger partial charge in [-0.3, -0.25) is 4.79 Å². The first-order chi connectivity index (χ1) is 8.25. The van der Waals surface area contributed by atoms with Crippen molar-refractivity contribution in [3.8, 4) is 0 Å². The summed E-state index contributed by atoms with van der Waals surface area (Å²) in [5.41, 5.74) is 6.99. The number of nitrogens with two attached hydrogens (primary N) is 1. The molecule has 3 nitrogen and oxygen atoms in total. The summed E-state index contributed by atoms with van der Waals surface area (Å²) in [4.78, 5) is 11.8. The maximum atomic E-state index is 11.8. The third-order valence-electron chi connectivity index (χ3n) is 2.99. The van der Waals surface area contributed by atoms with Crippen molar-refractivity contribution < 1.29 is 4.79 Å². The lowest BCUT2D eigenvalue weighted by Crippen LogP contribution is -2.45. The standard InChI is InChI=1S/C14H18N2O/c15-13(10-11-6-2-1-3-7-11)14(17)16-12-8-4-5-9-12/h1-7,12-13H,8-10,15H2,(H,16,17)/t13-/m0/s1. The molecule has 1 aromatic carbocycles. The fourth-order valence-corrected chi connectivity index (χ4v) is 2.00. The highest BCUT2D eigenvalue weighted by Crippen LogP contribution is 2.09. The van der Waals surface area contributed by atoms with Crippen molar-refractivity contribution in [2.45, 2.75) is 31.3 Å². The molecular weight excluding hydrogens is 212 g/mol. The van der Waals surface area contributed by atoms with Crippen molar-refractivity contribution in [2.24, 2.45) is 5.73 Å². The number of carbonyl (C=O) groups excluding carboxylic acids is 1. The smallest absolute Gasteiger partial charge is 0.237 e. The summed E-state index contributed by atoms with van der Waals surface area (Å²) in [5.74, 6) is -0.0532. The molecule has 0 aliphatic heterocycles. The van der Waals surface area contributed by atoms with Crippen LogP contribution in [0.1, 0.15) is 18.4 Å². The Labute approximate surface area is 102 Å². The lowest BCUT2D eigenvalue weighted by atomic mass is 10.1. The molecule has 1 aromatic rings. The largest absolute Gasteiger partial charge is 0.351 e. The van der Waals surface area contributed by atoms with Crippen LogP contribution in [0, 0.1) is 0 Å². The monoisotopic (exact) mass is 230 g/mol. The van der Waals surface area contributed by atoms with Crippen molar-refractivity contribution in [1.29, 1.82) is 0 Å². The van der Waals surface area contributed by atoms with Crippen molar-refractivity contribution in [1.82, 2.24) is 5.32 Å². The SMILES string of the molecule is N[C@@H](Cc1ccccc1)C(=O)NC1CC=CC1. The van der Waals surface area contributed by atoms with Gasteiger partial charge in [0.1, 0.15) is 0 Å². The van der Waals surface area contributed by atoms with E-state index in [1.807, 2.05) is 30.3 Å². The fourth-order valence-electron chi connectivity index (χ4n) is 2.00. The second-order valence-electron chi connectivity index (χ2n) is 4.44. The second-order valence-corrected chi connectivity index (χ2v) is 4.44. The van der Waals surface area contributed by atoms with Gasteiger partial charge in [-0.15, -0.1) is 0 Å². The summed E-state index contributed by atoms with van der Waals surface area (Å²) in [5, 5.41) is 2.97. The van der Waals surface area contributed by atoms with Gasteiger partial charge < -0.3 is 11.1 Å². The zero-order valence-corrected chi connectivity index (χ0v) is 9.80. The summed E-state index contributed by atoms with van der Waals surface area (Å²) in [6, 6.07) is 9.64. The Hall–Kier alpha value is -1.61. The maximum Gasteiger partial charge on any atom is 0.237 e. The van der Waals surface area contributed by atoms with Gasteiger partial charge >= 0.3 is 0 Å². The Kier molecular flexibility index (Phi) is 3.94. The number of rotatable bonds is 4. The number of nitrogens with one attached hydrogen (secondary N) is 1. The maximum absolute atomic E-state index is 11.8. The van der Waals surface area contributed by atoms with Gasteiger partial charge in [0.15, 0.2) is 0 Å². The van der Waals surface area contributed by atoms with Crippen LogP contribution in [0.4, 0.5) is 0 Å². The van der Waals surface area contributed by atoms with Crippen LogP contribution < -0.4 is 11.1 Å². The summed E-state index contributed by atoms with van der Waals surface area (Å²) < 4.78 is 0. The van der Waals surface area contributed by atoms with E-state index in [1.54, 1.807) is 0 Å². The molecule has 1 aliphatic rings. The third kappa shape index (κ3) is 3.43. The van der Waals surface area contributed by atoms with E-state index in [-0.39, 0.29) is 11.9 Å². The Bertz CT molecular complexity index is 392.